The molecule has 2 aromatic rings. The van der Waals surface area contributed by atoms with Crippen LogP contribution in [-0.2, 0) is 6.54 Å². The molecular weight excluding hydrogens is 254 g/mol. The number of hydrogen-bond acceptors (Lipinski definition) is 5. The second kappa shape index (κ2) is 5.68. The molecule has 2 heterocycles. The molecule has 0 saturated carbocycles. The van der Waals surface area contributed by atoms with Crippen molar-refractivity contribution in [3.8, 4) is 0 Å². The van der Waals surface area contributed by atoms with Crippen LogP contribution in [0, 0.1) is 0 Å². The van der Waals surface area contributed by atoms with Crippen LogP contribution >= 0.6 is 0 Å². The van der Waals surface area contributed by atoms with E-state index in [1.54, 1.807) is 0 Å². The predicted octanol–water partition coefficient (Wildman–Crippen LogP) is 0.849. The highest BCUT2D eigenvalue weighted by atomic mass is 16.3. The highest BCUT2D eigenvalue weighted by molar-refractivity contribution is 5.15. The number of benzene rings is 1. The summed E-state index contributed by atoms with van der Waals surface area (Å²) >= 11 is 0. The largest absolute Gasteiger partial charge is 0.395 e. The minimum absolute atomic E-state index is 0.186. The summed E-state index contributed by atoms with van der Waals surface area (Å²) < 4.78 is 1.86. The smallest absolute Gasteiger partial charge is 0.168 e. The van der Waals surface area contributed by atoms with E-state index in [9.17, 15) is 5.11 Å². The Morgan fingerprint density at radius 1 is 1.25 bits per heavy atom. The van der Waals surface area contributed by atoms with Gasteiger partial charge in [-0.25, -0.2) is 4.68 Å². The van der Waals surface area contributed by atoms with Crippen molar-refractivity contribution < 1.29 is 5.11 Å². The molecule has 1 aromatic carbocycles. The number of likely N-dealkylation sites (tertiary alicyclic amines) is 1. The molecule has 2 atom stereocenters. The summed E-state index contributed by atoms with van der Waals surface area (Å²) in [4.78, 5) is 2.17. The first-order chi connectivity index (χ1) is 9.79. The van der Waals surface area contributed by atoms with Gasteiger partial charge in [-0.3, -0.25) is 4.90 Å². The van der Waals surface area contributed by atoms with Crippen molar-refractivity contribution in [2.75, 3.05) is 13.7 Å². The van der Waals surface area contributed by atoms with Crippen molar-refractivity contribution in [1.82, 2.24) is 25.1 Å². The number of aliphatic hydroxyl groups excluding tert-OH is 1. The lowest BCUT2D eigenvalue weighted by molar-refractivity contribution is 0.151. The average Bonchev–Trinajstić information content (AvgIpc) is 3.06. The van der Waals surface area contributed by atoms with Gasteiger partial charge in [0.1, 0.15) is 0 Å². The van der Waals surface area contributed by atoms with E-state index in [-0.39, 0.29) is 18.7 Å². The van der Waals surface area contributed by atoms with E-state index in [0.29, 0.717) is 6.54 Å². The summed E-state index contributed by atoms with van der Waals surface area (Å²) in [5, 5.41) is 21.5. The van der Waals surface area contributed by atoms with E-state index in [2.05, 4.69) is 32.6 Å². The normalized spacial score (nSPS) is 23.3. The third-order valence-corrected chi connectivity index (χ3v) is 4.08. The van der Waals surface area contributed by atoms with Crippen LogP contribution in [0.2, 0.25) is 0 Å². The average molecular weight is 273 g/mol. The molecular formula is C14H19N5O. The monoisotopic (exact) mass is 273 g/mol. The fourth-order valence-electron chi connectivity index (χ4n) is 2.86. The highest BCUT2D eigenvalue weighted by Gasteiger charge is 2.34. The fourth-order valence-corrected chi connectivity index (χ4v) is 2.86. The van der Waals surface area contributed by atoms with Crippen molar-refractivity contribution in [2.24, 2.45) is 0 Å². The first kappa shape index (κ1) is 13.2. The molecule has 0 bridgehead atoms. The van der Waals surface area contributed by atoms with Crippen LogP contribution in [-0.4, -0.2) is 49.9 Å². The first-order valence-corrected chi connectivity index (χ1v) is 6.92. The van der Waals surface area contributed by atoms with Crippen LogP contribution in [0.4, 0.5) is 0 Å². The zero-order valence-corrected chi connectivity index (χ0v) is 11.6. The summed E-state index contributed by atoms with van der Waals surface area (Å²) in [7, 11) is 2.03. The van der Waals surface area contributed by atoms with E-state index < -0.39 is 0 Å². The van der Waals surface area contributed by atoms with Crippen LogP contribution in [0.3, 0.4) is 0 Å². The molecule has 1 aliphatic heterocycles. The standard InChI is InChI=1S/C14H19N5O/c1-18-12(10-20)7-8-13(18)14-15-16-17-19(14)9-11-5-3-2-4-6-11/h2-6,12-13,20H,7-10H2,1H3/t12-,13+/m0/s1. The lowest BCUT2D eigenvalue weighted by Crippen LogP contribution is -2.31. The molecule has 106 valence electrons. The second-order valence-corrected chi connectivity index (χ2v) is 5.28. The van der Waals surface area contributed by atoms with Gasteiger partial charge < -0.3 is 5.11 Å². The van der Waals surface area contributed by atoms with Gasteiger partial charge in [-0.2, -0.15) is 0 Å². The van der Waals surface area contributed by atoms with Crippen LogP contribution in [0.1, 0.15) is 30.3 Å². The Morgan fingerprint density at radius 3 is 2.75 bits per heavy atom. The van der Waals surface area contributed by atoms with Crippen LogP contribution in [0.15, 0.2) is 30.3 Å². The van der Waals surface area contributed by atoms with E-state index in [0.717, 1.165) is 18.7 Å². The molecule has 6 heteroatoms. The van der Waals surface area contributed by atoms with Gasteiger partial charge in [-0.05, 0) is 35.9 Å². The quantitative estimate of drug-likeness (QED) is 0.894. The summed E-state index contributed by atoms with van der Waals surface area (Å²) in [6.45, 7) is 0.866. The molecule has 0 radical (unpaired) electrons. The van der Waals surface area contributed by atoms with Crippen molar-refractivity contribution >= 4 is 0 Å². The van der Waals surface area contributed by atoms with Crippen molar-refractivity contribution in [2.45, 2.75) is 31.5 Å². The number of aromatic nitrogens is 4. The van der Waals surface area contributed by atoms with Crippen molar-refractivity contribution in [3.63, 3.8) is 0 Å². The Balaban J connectivity index is 1.80. The summed E-state index contributed by atoms with van der Waals surface area (Å²) in [5.41, 5.74) is 1.18. The van der Waals surface area contributed by atoms with Gasteiger partial charge in [0.25, 0.3) is 0 Å². The highest BCUT2D eigenvalue weighted by Crippen LogP contribution is 2.33. The van der Waals surface area contributed by atoms with E-state index in [4.69, 9.17) is 0 Å². The Hall–Kier alpha value is -1.79. The van der Waals surface area contributed by atoms with E-state index in [1.807, 2.05) is 29.9 Å². The lowest BCUT2D eigenvalue weighted by Gasteiger charge is -2.23. The summed E-state index contributed by atoms with van der Waals surface area (Å²) in [5.74, 6) is 0.882. The van der Waals surface area contributed by atoms with E-state index >= 15 is 0 Å². The number of aliphatic hydroxyl groups is 1. The minimum Gasteiger partial charge on any atom is -0.395 e. The predicted molar refractivity (Wildman–Crippen MR) is 74.0 cm³/mol. The van der Waals surface area contributed by atoms with Crippen molar-refractivity contribution in [3.05, 3.63) is 41.7 Å². The van der Waals surface area contributed by atoms with Crippen LogP contribution in [0.25, 0.3) is 0 Å². The Morgan fingerprint density at radius 2 is 2.05 bits per heavy atom. The van der Waals surface area contributed by atoms with Gasteiger partial charge in [-0.15, -0.1) is 5.10 Å². The fraction of sp³-hybridized carbons (Fsp3) is 0.500. The second-order valence-electron chi connectivity index (χ2n) is 5.28. The molecule has 20 heavy (non-hydrogen) atoms. The Bertz CT molecular complexity index is 556. The SMILES string of the molecule is CN1[C@H](CO)CC[C@@H]1c1nnnn1Cc1ccccc1. The molecule has 1 saturated heterocycles. The van der Waals surface area contributed by atoms with E-state index in [1.165, 1.54) is 5.56 Å². The molecule has 1 aliphatic rings. The third-order valence-electron chi connectivity index (χ3n) is 4.08. The molecule has 0 aliphatic carbocycles. The minimum atomic E-state index is 0.186. The third kappa shape index (κ3) is 2.44. The maximum Gasteiger partial charge on any atom is 0.168 e. The van der Waals surface area contributed by atoms with Gasteiger partial charge in [0.05, 0.1) is 19.2 Å². The molecule has 1 N–H and O–H groups in total. The van der Waals surface area contributed by atoms with Gasteiger partial charge >= 0.3 is 0 Å². The number of likely N-dealkylation sites (N-methyl/N-ethyl adjacent to an activating group) is 1. The van der Waals surface area contributed by atoms with Crippen LogP contribution in [0.5, 0.6) is 0 Å². The zero-order chi connectivity index (χ0) is 13.9. The first-order valence-electron chi connectivity index (χ1n) is 6.92. The molecule has 0 amide bonds. The van der Waals surface area contributed by atoms with Gasteiger partial charge in [-0.1, -0.05) is 30.3 Å². The number of hydrogen-bond donors (Lipinski definition) is 1. The maximum absolute atomic E-state index is 9.36. The molecule has 3 rings (SSSR count). The molecule has 6 nitrogen and oxygen atoms in total. The summed E-state index contributed by atoms with van der Waals surface area (Å²) in [6.07, 6.45) is 1.97. The van der Waals surface area contributed by atoms with Gasteiger partial charge in [0.15, 0.2) is 5.82 Å². The molecule has 1 aromatic heterocycles. The Kier molecular flexibility index (Phi) is 3.75. The molecule has 0 spiro atoms. The van der Waals surface area contributed by atoms with Crippen LogP contribution < -0.4 is 0 Å². The van der Waals surface area contributed by atoms with Gasteiger partial charge in [0, 0.05) is 6.04 Å². The zero-order valence-electron chi connectivity index (χ0n) is 11.6. The maximum atomic E-state index is 9.36. The number of rotatable bonds is 4. The molecule has 0 unspecified atom stereocenters. The van der Waals surface area contributed by atoms with Gasteiger partial charge in [0.2, 0.25) is 0 Å². The number of nitrogens with zero attached hydrogens (tertiary/aromatic N) is 5. The lowest BCUT2D eigenvalue weighted by atomic mass is 10.2. The Labute approximate surface area is 118 Å². The topological polar surface area (TPSA) is 67.1 Å². The number of tetrazole rings is 1. The molecule has 1 fully saturated rings. The summed E-state index contributed by atoms with van der Waals surface area (Å²) in [6, 6.07) is 10.6. The van der Waals surface area contributed by atoms with Crippen molar-refractivity contribution in [1.29, 1.82) is 0 Å².